The molecule has 0 aromatic heterocycles. The van der Waals surface area contributed by atoms with Crippen LogP contribution in [0.3, 0.4) is 0 Å². The Hall–Kier alpha value is -2.13. The Kier molecular flexibility index (Phi) is 6.33. The van der Waals surface area contributed by atoms with Crippen LogP contribution < -0.4 is 15.8 Å². The molecule has 3 N–H and O–H groups in total. The van der Waals surface area contributed by atoms with E-state index in [4.69, 9.17) is 15.7 Å². The third kappa shape index (κ3) is 5.36. The van der Waals surface area contributed by atoms with Gasteiger partial charge in [0.2, 0.25) is 0 Å². The van der Waals surface area contributed by atoms with Crippen LogP contribution in [0.25, 0.3) is 0 Å². The number of hydrogen-bond acceptors (Lipinski definition) is 4. The van der Waals surface area contributed by atoms with Gasteiger partial charge in [0.05, 0.1) is 12.5 Å². The zero-order valence-electron chi connectivity index (χ0n) is 10.5. The monoisotopic (exact) mass is 265 g/mol. The van der Waals surface area contributed by atoms with Gasteiger partial charge in [-0.05, 0) is 36.7 Å². The highest BCUT2D eigenvalue weighted by Crippen LogP contribution is 2.19. The van der Waals surface area contributed by atoms with Crippen LogP contribution in [0.4, 0.5) is 4.39 Å². The van der Waals surface area contributed by atoms with Crippen molar-refractivity contribution in [2.75, 3.05) is 19.7 Å². The third-order valence-electron chi connectivity index (χ3n) is 2.35. The second kappa shape index (κ2) is 8.06. The predicted molar refractivity (Wildman–Crippen MR) is 67.9 cm³/mol. The topological polar surface area (TPSA) is 88.1 Å². The van der Waals surface area contributed by atoms with Crippen LogP contribution in [-0.4, -0.2) is 25.6 Å². The lowest BCUT2D eigenvalue weighted by atomic mass is 10.1. The van der Waals surface area contributed by atoms with Gasteiger partial charge in [-0.15, -0.1) is 0 Å². The van der Waals surface area contributed by atoms with Crippen molar-refractivity contribution >= 4 is 5.91 Å². The molecule has 0 aliphatic heterocycles. The molecule has 0 unspecified atom stereocenters. The van der Waals surface area contributed by atoms with E-state index in [1.165, 1.54) is 18.2 Å². The minimum absolute atomic E-state index is 0.172. The first-order chi connectivity index (χ1) is 9.17. The summed E-state index contributed by atoms with van der Waals surface area (Å²) in [6.45, 7) is 0.487. The summed E-state index contributed by atoms with van der Waals surface area (Å²) in [5, 5.41) is 10.9. The van der Waals surface area contributed by atoms with Crippen LogP contribution >= 0.6 is 0 Å². The van der Waals surface area contributed by atoms with E-state index in [0.717, 1.165) is 0 Å². The predicted octanol–water partition coefficient (Wildman–Crippen LogP) is 0.736. The first-order valence-electron chi connectivity index (χ1n) is 5.92. The fourth-order valence-corrected chi connectivity index (χ4v) is 1.49. The molecule has 0 saturated carbocycles. The van der Waals surface area contributed by atoms with E-state index < -0.39 is 0 Å². The van der Waals surface area contributed by atoms with Gasteiger partial charge >= 0.3 is 0 Å². The second-order valence-corrected chi connectivity index (χ2v) is 3.84. The van der Waals surface area contributed by atoms with Gasteiger partial charge in [-0.2, -0.15) is 5.26 Å². The SMILES string of the molecule is N#CCCNC(=O)COc1ccc(F)cc1CCN. The maximum atomic E-state index is 13.1. The van der Waals surface area contributed by atoms with E-state index in [1.807, 2.05) is 6.07 Å². The third-order valence-corrected chi connectivity index (χ3v) is 2.35. The number of rotatable bonds is 7. The summed E-state index contributed by atoms with van der Waals surface area (Å²) in [5.41, 5.74) is 6.06. The molecule has 102 valence electrons. The van der Waals surface area contributed by atoms with Crippen molar-refractivity contribution in [2.24, 2.45) is 5.73 Å². The molecular formula is C13H16FN3O2. The van der Waals surface area contributed by atoms with Crippen molar-refractivity contribution in [1.82, 2.24) is 5.32 Å². The number of nitrogens with zero attached hydrogens (tertiary/aromatic N) is 1. The molecule has 19 heavy (non-hydrogen) atoms. The van der Waals surface area contributed by atoms with Crippen LogP contribution in [0.2, 0.25) is 0 Å². The first kappa shape index (κ1) is 14.9. The van der Waals surface area contributed by atoms with Crippen molar-refractivity contribution in [2.45, 2.75) is 12.8 Å². The number of amides is 1. The van der Waals surface area contributed by atoms with Crippen molar-refractivity contribution in [1.29, 1.82) is 5.26 Å². The number of nitriles is 1. The lowest BCUT2D eigenvalue weighted by Gasteiger charge is -2.11. The van der Waals surface area contributed by atoms with Gasteiger partial charge in [0.15, 0.2) is 6.61 Å². The number of nitrogens with one attached hydrogen (secondary N) is 1. The van der Waals surface area contributed by atoms with Gasteiger partial charge < -0.3 is 15.8 Å². The van der Waals surface area contributed by atoms with Gasteiger partial charge in [0.25, 0.3) is 5.91 Å². The van der Waals surface area contributed by atoms with Crippen LogP contribution in [0.1, 0.15) is 12.0 Å². The number of ether oxygens (including phenoxy) is 1. The molecule has 0 atom stereocenters. The summed E-state index contributed by atoms with van der Waals surface area (Å²) >= 11 is 0. The molecule has 0 saturated heterocycles. The van der Waals surface area contributed by atoms with Gasteiger partial charge in [0, 0.05) is 6.54 Å². The quantitative estimate of drug-likeness (QED) is 0.711. The molecule has 0 aliphatic rings. The Morgan fingerprint density at radius 1 is 1.53 bits per heavy atom. The largest absolute Gasteiger partial charge is 0.483 e. The normalized spacial score (nSPS) is 9.74. The Labute approximate surface area is 111 Å². The molecule has 1 rings (SSSR count). The van der Waals surface area contributed by atoms with E-state index in [1.54, 1.807) is 0 Å². The number of benzene rings is 1. The first-order valence-corrected chi connectivity index (χ1v) is 5.92. The van der Waals surface area contributed by atoms with Gasteiger partial charge in [0.1, 0.15) is 11.6 Å². The molecule has 5 nitrogen and oxygen atoms in total. The molecule has 0 spiro atoms. The molecule has 0 heterocycles. The summed E-state index contributed by atoms with van der Waals surface area (Å²) < 4.78 is 18.4. The van der Waals surface area contributed by atoms with E-state index in [9.17, 15) is 9.18 Å². The molecule has 1 aromatic carbocycles. The van der Waals surface area contributed by atoms with E-state index in [-0.39, 0.29) is 31.3 Å². The van der Waals surface area contributed by atoms with Crippen LogP contribution in [0.15, 0.2) is 18.2 Å². The zero-order chi connectivity index (χ0) is 14.1. The van der Waals surface area contributed by atoms with Crippen molar-refractivity contribution in [3.8, 4) is 11.8 Å². The minimum atomic E-state index is -0.366. The Morgan fingerprint density at radius 3 is 3.00 bits per heavy atom. The highest BCUT2D eigenvalue weighted by molar-refractivity contribution is 5.77. The van der Waals surface area contributed by atoms with Gasteiger partial charge in [-0.3, -0.25) is 4.79 Å². The smallest absolute Gasteiger partial charge is 0.257 e. The van der Waals surface area contributed by atoms with Crippen LogP contribution in [0, 0.1) is 17.1 Å². The Balaban J connectivity index is 2.52. The van der Waals surface area contributed by atoms with E-state index in [0.29, 0.717) is 24.3 Å². The summed E-state index contributed by atoms with van der Waals surface area (Å²) in [6.07, 6.45) is 0.726. The molecule has 0 bridgehead atoms. The number of nitrogens with two attached hydrogens (primary N) is 1. The van der Waals surface area contributed by atoms with Crippen LogP contribution in [0.5, 0.6) is 5.75 Å². The van der Waals surface area contributed by atoms with Crippen molar-refractivity contribution < 1.29 is 13.9 Å². The fraction of sp³-hybridized carbons (Fsp3) is 0.385. The number of hydrogen-bond donors (Lipinski definition) is 2. The molecule has 6 heteroatoms. The number of carbonyl (C=O) groups is 1. The van der Waals surface area contributed by atoms with Crippen LogP contribution in [-0.2, 0) is 11.2 Å². The summed E-state index contributed by atoms with van der Waals surface area (Å²) in [4.78, 5) is 11.4. The summed E-state index contributed by atoms with van der Waals surface area (Å²) in [6, 6.07) is 6.00. The maximum absolute atomic E-state index is 13.1. The maximum Gasteiger partial charge on any atom is 0.257 e. The summed E-state index contributed by atoms with van der Waals surface area (Å²) in [5.74, 6) is -0.241. The zero-order valence-corrected chi connectivity index (χ0v) is 10.5. The molecule has 0 fully saturated rings. The Bertz CT molecular complexity index is 471. The highest BCUT2D eigenvalue weighted by atomic mass is 19.1. The number of halogens is 1. The fourth-order valence-electron chi connectivity index (χ4n) is 1.49. The standard InChI is InChI=1S/C13H16FN3O2/c14-11-2-3-12(10(8-11)4-6-16)19-9-13(18)17-7-1-5-15/h2-3,8H,1,4,6-7,9,16H2,(H,17,18). The summed E-state index contributed by atoms with van der Waals surface area (Å²) in [7, 11) is 0. The molecule has 1 amide bonds. The lowest BCUT2D eigenvalue weighted by Crippen LogP contribution is -2.29. The van der Waals surface area contributed by atoms with Gasteiger partial charge in [-0.25, -0.2) is 4.39 Å². The van der Waals surface area contributed by atoms with Gasteiger partial charge in [-0.1, -0.05) is 0 Å². The van der Waals surface area contributed by atoms with Crippen molar-refractivity contribution in [3.63, 3.8) is 0 Å². The van der Waals surface area contributed by atoms with Crippen molar-refractivity contribution in [3.05, 3.63) is 29.6 Å². The minimum Gasteiger partial charge on any atom is -0.483 e. The number of carbonyl (C=O) groups excluding carboxylic acids is 1. The van der Waals surface area contributed by atoms with E-state index >= 15 is 0 Å². The molecule has 0 radical (unpaired) electrons. The average molecular weight is 265 g/mol. The van der Waals surface area contributed by atoms with E-state index in [2.05, 4.69) is 5.32 Å². The molecule has 1 aromatic rings. The lowest BCUT2D eigenvalue weighted by molar-refractivity contribution is -0.123. The molecule has 0 aliphatic carbocycles. The average Bonchev–Trinajstić information content (AvgIpc) is 2.38. The second-order valence-electron chi connectivity index (χ2n) is 3.84. The Morgan fingerprint density at radius 2 is 2.32 bits per heavy atom. The highest BCUT2D eigenvalue weighted by Gasteiger charge is 2.07. The molecular weight excluding hydrogens is 249 g/mol.